The lowest BCUT2D eigenvalue weighted by molar-refractivity contribution is 0.00890. The van der Waals surface area contributed by atoms with Crippen LogP contribution in [0.25, 0.3) is 6.08 Å². The van der Waals surface area contributed by atoms with Gasteiger partial charge in [-0.15, -0.1) is 6.58 Å². The van der Waals surface area contributed by atoms with E-state index in [-0.39, 0.29) is 17.6 Å². The lowest BCUT2D eigenvalue weighted by Gasteiger charge is -2.27. The van der Waals surface area contributed by atoms with Crippen LogP contribution in [0, 0.1) is 17.7 Å². The summed E-state index contributed by atoms with van der Waals surface area (Å²) in [6.45, 7) is 9.40. The normalized spacial score (nSPS) is 16.2. The number of aliphatic hydroxyl groups excluding tert-OH is 2. The molecule has 0 unspecified atom stereocenters. The van der Waals surface area contributed by atoms with Crippen LogP contribution in [-0.2, 0) is 0 Å². The Morgan fingerprint density at radius 1 is 1.30 bits per heavy atom. The molecule has 4 heteroatoms. The minimum absolute atomic E-state index is 0.0456. The fourth-order valence-corrected chi connectivity index (χ4v) is 2.51. The van der Waals surface area contributed by atoms with Crippen molar-refractivity contribution in [2.75, 3.05) is 0 Å². The molecule has 3 nitrogen and oxygen atoms in total. The van der Waals surface area contributed by atoms with Crippen molar-refractivity contribution in [3.8, 4) is 5.75 Å². The molecule has 0 saturated carbocycles. The van der Waals surface area contributed by atoms with Gasteiger partial charge in [-0.1, -0.05) is 37.6 Å². The van der Waals surface area contributed by atoms with Crippen molar-refractivity contribution in [2.45, 2.75) is 45.8 Å². The molecule has 0 aliphatic rings. The van der Waals surface area contributed by atoms with Crippen LogP contribution in [0.3, 0.4) is 0 Å². The summed E-state index contributed by atoms with van der Waals surface area (Å²) in [5.41, 5.74) is 1.64. The van der Waals surface area contributed by atoms with Crippen LogP contribution < -0.4 is 0 Å². The van der Waals surface area contributed by atoms with E-state index >= 15 is 0 Å². The van der Waals surface area contributed by atoms with Gasteiger partial charge in [0.15, 0.2) is 11.6 Å². The number of phenols is 1. The van der Waals surface area contributed by atoms with Crippen molar-refractivity contribution in [3.63, 3.8) is 0 Å². The second kappa shape index (κ2) is 8.85. The number of allylic oxidation sites excluding steroid dienone is 1. The average molecular weight is 322 g/mol. The molecule has 0 bridgehead atoms. The van der Waals surface area contributed by atoms with E-state index in [4.69, 9.17) is 0 Å². The Kier molecular flexibility index (Phi) is 7.46. The predicted molar refractivity (Wildman–Crippen MR) is 91.5 cm³/mol. The average Bonchev–Trinajstić information content (AvgIpc) is 2.49. The van der Waals surface area contributed by atoms with Gasteiger partial charge in [0.05, 0.1) is 12.2 Å². The molecule has 0 saturated heterocycles. The maximum absolute atomic E-state index is 13.3. The number of phenolic OH excluding ortho intramolecular Hbond substituents is 1. The quantitative estimate of drug-likeness (QED) is 0.636. The van der Waals surface area contributed by atoms with Gasteiger partial charge in [-0.2, -0.15) is 0 Å². The Hall–Kier alpha value is -1.65. The first kappa shape index (κ1) is 19.4. The van der Waals surface area contributed by atoms with Gasteiger partial charge in [0.1, 0.15) is 0 Å². The molecular weight excluding hydrogens is 295 g/mol. The minimum Gasteiger partial charge on any atom is -0.505 e. The van der Waals surface area contributed by atoms with Gasteiger partial charge in [-0.25, -0.2) is 4.39 Å². The van der Waals surface area contributed by atoms with Crippen LogP contribution in [0.4, 0.5) is 4.39 Å². The van der Waals surface area contributed by atoms with Gasteiger partial charge in [-0.3, -0.25) is 0 Å². The van der Waals surface area contributed by atoms with Crippen molar-refractivity contribution < 1.29 is 19.7 Å². The monoisotopic (exact) mass is 322 g/mol. The zero-order valence-corrected chi connectivity index (χ0v) is 14.0. The molecule has 23 heavy (non-hydrogen) atoms. The first-order chi connectivity index (χ1) is 10.8. The van der Waals surface area contributed by atoms with Crippen LogP contribution in [-0.4, -0.2) is 27.5 Å². The largest absolute Gasteiger partial charge is 0.505 e. The molecular formula is C19H27FO3. The van der Waals surface area contributed by atoms with Gasteiger partial charge in [0.2, 0.25) is 0 Å². The minimum atomic E-state index is -0.676. The molecule has 128 valence electrons. The zero-order chi connectivity index (χ0) is 17.6. The molecule has 3 atom stereocenters. The number of hydrogen-bond acceptors (Lipinski definition) is 3. The standard InChI is InChI=1S/C19H27FO3/c1-5-15(19(23)12(2)3)17(21)8-6-13(4)10-14-7-9-18(22)16(20)11-14/h5,7,9-12,15,17,19,21-23H,1,6,8H2,2-4H3/b13-10+/t15-,17-,19-/m1/s1. The highest BCUT2D eigenvalue weighted by atomic mass is 19.1. The van der Waals surface area contributed by atoms with Crippen molar-refractivity contribution in [1.29, 1.82) is 0 Å². The molecule has 3 N–H and O–H groups in total. The van der Waals surface area contributed by atoms with Crippen molar-refractivity contribution in [1.82, 2.24) is 0 Å². The summed E-state index contributed by atoms with van der Waals surface area (Å²) in [5.74, 6) is -1.34. The van der Waals surface area contributed by atoms with E-state index in [2.05, 4.69) is 6.58 Å². The first-order valence-corrected chi connectivity index (χ1v) is 7.90. The van der Waals surface area contributed by atoms with Crippen LogP contribution in [0.5, 0.6) is 5.75 Å². The molecule has 1 aromatic rings. The lowest BCUT2D eigenvalue weighted by atomic mass is 9.86. The van der Waals surface area contributed by atoms with Crippen molar-refractivity contribution in [3.05, 3.63) is 47.8 Å². The molecule has 0 aromatic heterocycles. The molecule has 0 aliphatic heterocycles. The van der Waals surface area contributed by atoms with Crippen LogP contribution in [0.15, 0.2) is 36.4 Å². The van der Waals surface area contributed by atoms with Gasteiger partial charge in [0.25, 0.3) is 0 Å². The fraction of sp³-hybridized carbons (Fsp3) is 0.474. The molecule has 0 radical (unpaired) electrons. The number of aromatic hydroxyl groups is 1. The maximum Gasteiger partial charge on any atom is 0.165 e. The van der Waals surface area contributed by atoms with Crippen molar-refractivity contribution >= 4 is 6.08 Å². The Labute approximate surface area is 137 Å². The third-order valence-electron chi connectivity index (χ3n) is 4.01. The highest BCUT2D eigenvalue weighted by molar-refractivity contribution is 5.53. The van der Waals surface area contributed by atoms with Gasteiger partial charge >= 0.3 is 0 Å². The third kappa shape index (κ3) is 5.81. The summed E-state index contributed by atoms with van der Waals surface area (Å²) in [5, 5.41) is 29.6. The lowest BCUT2D eigenvalue weighted by Crippen LogP contribution is -2.33. The van der Waals surface area contributed by atoms with E-state index in [0.29, 0.717) is 18.4 Å². The van der Waals surface area contributed by atoms with Gasteiger partial charge < -0.3 is 15.3 Å². The molecule has 0 fully saturated rings. The van der Waals surface area contributed by atoms with Gasteiger partial charge in [-0.05, 0) is 43.4 Å². The summed E-state index contributed by atoms with van der Waals surface area (Å²) >= 11 is 0. The Balaban J connectivity index is 2.66. The highest BCUT2D eigenvalue weighted by Gasteiger charge is 2.26. The van der Waals surface area contributed by atoms with E-state index in [0.717, 1.165) is 5.57 Å². The Bertz CT molecular complexity index is 552. The van der Waals surface area contributed by atoms with Crippen LogP contribution >= 0.6 is 0 Å². The molecule has 0 heterocycles. The van der Waals surface area contributed by atoms with Crippen LogP contribution in [0.1, 0.15) is 39.2 Å². The molecule has 0 amide bonds. The summed E-state index contributed by atoms with van der Waals surface area (Å²) in [4.78, 5) is 0. The second-order valence-electron chi connectivity index (χ2n) is 6.36. The first-order valence-electron chi connectivity index (χ1n) is 7.90. The fourth-order valence-electron chi connectivity index (χ4n) is 2.51. The SMILES string of the molecule is C=C[C@H]([C@H](O)CC/C(C)=C/c1ccc(O)c(F)c1)[C@H](O)C(C)C. The number of aliphatic hydroxyl groups is 2. The third-order valence-corrected chi connectivity index (χ3v) is 4.01. The summed E-state index contributed by atoms with van der Waals surface area (Å²) in [7, 11) is 0. The highest BCUT2D eigenvalue weighted by Crippen LogP contribution is 2.23. The van der Waals surface area contributed by atoms with E-state index in [1.807, 2.05) is 26.8 Å². The van der Waals surface area contributed by atoms with E-state index < -0.39 is 18.0 Å². The molecule has 0 spiro atoms. The number of benzene rings is 1. The van der Waals surface area contributed by atoms with Crippen LogP contribution in [0.2, 0.25) is 0 Å². The van der Waals surface area contributed by atoms with Crippen molar-refractivity contribution in [2.24, 2.45) is 11.8 Å². The zero-order valence-electron chi connectivity index (χ0n) is 14.0. The Morgan fingerprint density at radius 3 is 2.48 bits per heavy atom. The number of rotatable bonds is 8. The van der Waals surface area contributed by atoms with E-state index in [1.165, 1.54) is 12.1 Å². The summed E-state index contributed by atoms with van der Waals surface area (Å²) in [6.07, 6.45) is 3.23. The summed E-state index contributed by atoms with van der Waals surface area (Å²) in [6, 6.07) is 4.22. The van der Waals surface area contributed by atoms with E-state index in [9.17, 15) is 19.7 Å². The van der Waals surface area contributed by atoms with E-state index in [1.54, 1.807) is 12.1 Å². The molecule has 1 rings (SSSR count). The second-order valence-corrected chi connectivity index (χ2v) is 6.36. The van der Waals surface area contributed by atoms with Gasteiger partial charge in [0, 0.05) is 5.92 Å². The molecule has 0 aliphatic carbocycles. The predicted octanol–water partition coefficient (Wildman–Crippen LogP) is 3.89. The Morgan fingerprint density at radius 2 is 1.96 bits per heavy atom. The summed E-state index contributed by atoms with van der Waals surface area (Å²) < 4.78 is 13.3. The number of hydrogen-bond donors (Lipinski definition) is 3. The smallest absolute Gasteiger partial charge is 0.165 e. The molecule has 1 aromatic carbocycles. The topological polar surface area (TPSA) is 60.7 Å². The number of halogens is 1. The maximum atomic E-state index is 13.3.